The van der Waals surface area contributed by atoms with Crippen molar-refractivity contribution in [3.63, 3.8) is 0 Å². The molecule has 1 aromatic heterocycles. The van der Waals surface area contributed by atoms with Gasteiger partial charge >= 0.3 is 0 Å². The number of hydrogen-bond acceptors (Lipinski definition) is 4. The molecule has 1 aliphatic heterocycles. The van der Waals surface area contributed by atoms with Crippen LogP contribution in [-0.4, -0.2) is 36.5 Å². The first-order valence-electron chi connectivity index (χ1n) is 5.86. The van der Waals surface area contributed by atoms with Gasteiger partial charge in [-0.15, -0.1) is 11.3 Å². The number of thiophene rings is 1. The molecule has 0 amide bonds. The summed E-state index contributed by atoms with van der Waals surface area (Å²) < 4.78 is 27.6. The van der Waals surface area contributed by atoms with Crippen LogP contribution < -0.4 is 0 Å². The number of nitrogens with zero attached hydrogens (tertiary/aromatic N) is 1. The van der Waals surface area contributed by atoms with Crippen LogP contribution >= 0.6 is 27.3 Å². The zero-order valence-electron chi connectivity index (χ0n) is 10.0. The molecule has 2 rings (SSSR count). The Bertz CT molecular complexity index is 512. The van der Waals surface area contributed by atoms with Crippen molar-refractivity contribution >= 4 is 37.3 Å². The minimum Gasteiger partial charge on any atom is -0.393 e. The SMILES string of the molecule is CC(O)CC1CCCN1S(=O)(=O)c1sccc1Br. The van der Waals surface area contributed by atoms with Gasteiger partial charge in [-0.3, -0.25) is 0 Å². The summed E-state index contributed by atoms with van der Waals surface area (Å²) >= 11 is 4.50. The highest BCUT2D eigenvalue weighted by atomic mass is 79.9. The molecule has 1 aliphatic rings. The third-order valence-corrected chi connectivity index (χ3v) is 7.66. The second kappa shape index (κ2) is 5.58. The predicted octanol–water partition coefficient (Wildman–Crippen LogP) is 2.43. The normalized spacial score (nSPS) is 23.4. The molecule has 0 bridgehead atoms. The van der Waals surface area contributed by atoms with Gasteiger partial charge in [0, 0.05) is 17.1 Å². The molecular weight excluding hydrogens is 338 g/mol. The monoisotopic (exact) mass is 353 g/mol. The largest absolute Gasteiger partial charge is 0.393 e. The molecule has 2 heterocycles. The zero-order chi connectivity index (χ0) is 13.3. The van der Waals surface area contributed by atoms with Crippen molar-refractivity contribution in [1.82, 2.24) is 4.31 Å². The Hall–Kier alpha value is 0.0500. The smallest absolute Gasteiger partial charge is 0.253 e. The number of sulfonamides is 1. The van der Waals surface area contributed by atoms with Gasteiger partial charge in [0.2, 0.25) is 0 Å². The molecule has 0 aromatic carbocycles. The molecule has 0 aliphatic carbocycles. The zero-order valence-corrected chi connectivity index (χ0v) is 13.3. The molecule has 1 N–H and O–H groups in total. The average molecular weight is 354 g/mol. The summed E-state index contributed by atoms with van der Waals surface area (Å²) in [5, 5.41) is 11.2. The van der Waals surface area contributed by atoms with E-state index in [9.17, 15) is 13.5 Å². The summed E-state index contributed by atoms with van der Waals surface area (Å²) in [4.78, 5) is 0. The highest BCUT2D eigenvalue weighted by Gasteiger charge is 2.37. The van der Waals surface area contributed by atoms with E-state index in [2.05, 4.69) is 15.9 Å². The second-order valence-corrected chi connectivity index (χ2v) is 8.41. The number of halogens is 1. The van der Waals surface area contributed by atoms with Gasteiger partial charge in [0.05, 0.1) is 6.10 Å². The Kier molecular flexibility index (Phi) is 4.48. The van der Waals surface area contributed by atoms with E-state index in [1.165, 1.54) is 15.6 Å². The van der Waals surface area contributed by atoms with Crippen molar-refractivity contribution in [2.45, 2.75) is 42.5 Å². The minimum atomic E-state index is -3.43. The standard InChI is InChI=1S/C11H16BrNO3S2/c1-8(14)7-9-3-2-5-13(9)18(15,16)11-10(12)4-6-17-11/h4,6,8-9,14H,2-3,5,7H2,1H3. The Labute approximate surface area is 120 Å². The first-order valence-corrected chi connectivity index (χ1v) is 8.97. The Morgan fingerprint density at radius 3 is 2.94 bits per heavy atom. The van der Waals surface area contributed by atoms with E-state index in [-0.39, 0.29) is 6.04 Å². The summed E-state index contributed by atoms with van der Waals surface area (Å²) in [5.74, 6) is 0. The molecular formula is C11H16BrNO3S2. The number of rotatable bonds is 4. The Balaban J connectivity index is 2.27. The lowest BCUT2D eigenvalue weighted by Crippen LogP contribution is -2.36. The van der Waals surface area contributed by atoms with Gasteiger partial charge in [-0.05, 0) is 53.6 Å². The fourth-order valence-corrected chi connectivity index (χ4v) is 6.46. The van der Waals surface area contributed by atoms with Gasteiger partial charge in [0.25, 0.3) is 10.0 Å². The van der Waals surface area contributed by atoms with E-state index < -0.39 is 16.1 Å². The quantitative estimate of drug-likeness (QED) is 0.904. The molecule has 1 saturated heterocycles. The molecule has 0 saturated carbocycles. The van der Waals surface area contributed by atoms with E-state index in [1.54, 1.807) is 18.4 Å². The summed E-state index contributed by atoms with van der Waals surface area (Å²) in [6, 6.07) is 1.67. The van der Waals surface area contributed by atoms with Crippen LogP contribution in [0.1, 0.15) is 26.2 Å². The van der Waals surface area contributed by atoms with Crippen LogP contribution in [0, 0.1) is 0 Å². The third kappa shape index (κ3) is 2.80. The van der Waals surface area contributed by atoms with Gasteiger partial charge in [-0.25, -0.2) is 8.42 Å². The summed E-state index contributed by atoms with van der Waals surface area (Å²) in [7, 11) is -3.43. The van der Waals surface area contributed by atoms with Crippen LogP contribution in [0.25, 0.3) is 0 Å². The van der Waals surface area contributed by atoms with Gasteiger partial charge in [0.1, 0.15) is 4.21 Å². The lowest BCUT2D eigenvalue weighted by molar-refractivity contribution is 0.158. The molecule has 102 valence electrons. The van der Waals surface area contributed by atoms with Crippen molar-refractivity contribution in [3.8, 4) is 0 Å². The Morgan fingerprint density at radius 2 is 2.39 bits per heavy atom. The first kappa shape index (κ1) is 14.5. The van der Waals surface area contributed by atoms with Crippen LogP contribution in [-0.2, 0) is 10.0 Å². The molecule has 7 heteroatoms. The summed E-state index contributed by atoms with van der Waals surface area (Å²) in [6.07, 6.45) is 1.71. The number of aliphatic hydroxyl groups excluding tert-OH is 1. The van der Waals surface area contributed by atoms with Crippen molar-refractivity contribution in [2.75, 3.05) is 6.54 Å². The van der Waals surface area contributed by atoms with Crippen molar-refractivity contribution in [2.24, 2.45) is 0 Å². The second-order valence-electron chi connectivity index (χ2n) is 4.55. The third-order valence-electron chi connectivity index (χ3n) is 3.06. The van der Waals surface area contributed by atoms with Gasteiger partial charge in [-0.1, -0.05) is 0 Å². The summed E-state index contributed by atoms with van der Waals surface area (Å²) in [5.41, 5.74) is 0. The van der Waals surface area contributed by atoms with E-state index >= 15 is 0 Å². The van der Waals surface area contributed by atoms with E-state index in [1.807, 2.05) is 0 Å². The van der Waals surface area contributed by atoms with Crippen LogP contribution in [0.2, 0.25) is 0 Å². The van der Waals surface area contributed by atoms with Gasteiger partial charge in [-0.2, -0.15) is 4.31 Å². The molecule has 0 spiro atoms. The molecule has 2 atom stereocenters. The van der Waals surface area contributed by atoms with Crippen LogP contribution in [0.15, 0.2) is 20.1 Å². The van der Waals surface area contributed by atoms with Gasteiger partial charge in [0.15, 0.2) is 0 Å². The maximum atomic E-state index is 12.5. The van der Waals surface area contributed by atoms with Crippen molar-refractivity contribution in [1.29, 1.82) is 0 Å². The first-order chi connectivity index (χ1) is 8.43. The fourth-order valence-electron chi connectivity index (χ4n) is 2.33. The molecule has 4 nitrogen and oxygen atoms in total. The fraction of sp³-hybridized carbons (Fsp3) is 0.636. The van der Waals surface area contributed by atoms with Crippen LogP contribution in [0.4, 0.5) is 0 Å². The molecule has 0 radical (unpaired) electrons. The minimum absolute atomic E-state index is 0.0796. The maximum Gasteiger partial charge on any atom is 0.253 e. The molecule has 1 aromatic rings. The lowest BCUT2D eigenvalue weighted by Gasteiger charge is -2.24. The summed E-state index contributed by atoms with van der Waals surface area (Å²) in [6.45, 7) is 2.24. The lowest BCUT2D eigenvalue weighted by atomic mass is 10.1. The molecule has 2 unspecified atom stereocenters. The highest BCUT2D eigenvalue weighted by molar-refractivity contribution is 9.10. The van der Waals surface area contributed by atoms with Crippen molar-refractivity contribution in [3.05, 3.63) is 15.9 Å². The number of hydrogen-bond donors (Lipinski definition) is 1. The van der Waals surface area contributed by atoms with E-state index in [4.69, 9.17) is 0 Å². The van der Waals surface area contributed by atoms with E-state index in [0.29, 0.717) is 21.6 Å². The van der Waals surface area contributed by atoms with Crippen LogP contribution in [0.5, 0.6) is 0 Å². The van der Waals surface area contributed by atoms with Crippen molar-refractivity contribution < 1.29 is 13.5 Å². The van der Waals surface area contributed by atoms with E-state index in [0.717, 1.165) is 12.8 Å². The maximum absolute atomic E-state index is 12.5. The Morgan fingerprint density at radius 1 is 1.67 bits per heavy atom. The highest BCUT2D eigenvalue weighted by Crippen LogP contribution is 2.34. The average Bonchev–Trinajstić information content (AvgIpc) is 2.86. The predicted molar refractivity (Wildman–Crippen MR) is 75.2 cm³/mol. The molecule has 1 fully saturated rings. The van der Waals surface area contributed by atoms with Crippen LogP contribution in [0.3, 0.4) is 0 Å². The topological polar surface area (TPSA) is 57.6 Å². The number of aliphatic hydroxyl groups is 1. The molecule has 18 heavy (non-hydrogen) atoms. The van der Waals surface area contributed by atoms with Gasteiger partial charge < -0.3 is 5.11 Å².